The third-order valence-corrected chi connectivity index (χ3v) is 6.12. The Bertz CT molecular complexity index is 881. The molecule has 0 aromatic heterocycles. The highest BCUT2D eigenvalue weighted by Gasteiger charge is 2.60. The summed E-state index contributed by atoms with van der Waals surface area (Å²) in [6.07, 6.45) is -17.4. The van der Waals surface area contributed by atoms with E-state index >= 15 is 0 Å². The van der Waals surface area contributed by atoms with Crippen LogP contribution in [0.25, 0.3) is 0 Å². The molecule has 14 heteroatoms. The second-order valence-corrected chi connectivity index (χ2v) is 8.81. The van der Waals surface area contributed by atoms with Gasteiger partial charge in [0.1, 0.15) is 5.82 Å². The van der Waals surface area contributed by atoms with E-state index in [9.17, 15) is 43.9 Å². The van der Waals surface area contributed by atoms with Crippen molar-refractivity contribution in [2.45, 2.75) is 43.1 Å². The van der Waals surface area contributed by atoms with E-state index in [2.05, 4.69) is 9.46 Å². The van der Waals surface area contributed by atoms with E-state index in [-0.39, 0.29) is 48.9 Å². The van der Waals surface area contributed by atoms with E-state index in [1.807, 2.05) is 0 Å². The molecule has 6 nitrogen and oxygen atoms in total. The minimum absolute atomic E-state index is 0.103. The molecule has 1 saturated heterocycles. The van der Waals surface area contributed by atoms with Crippen LogP contribution in [0.1, 0.15) is 18.4 Å². The molecule has 1 fully saturated rings. The van der Waals surface area contributed by atoms with Crippen molar-refractivity contribution < 1.29 is 48.7 Å². The number of carbonyl (C=O) groups is 1. The maximum atomic E-state index is 13.6. The first-order valence-corrected chi connectivity index (χ1v) is 10.4. The van der Waals surface area contributed by atoms with Crippen molar-refractivity contribution in [2.75, 3.05) is 19.6 Å². The first-order valence-electron chi connectivity index (χ1n) is 8.96. The number of benzene rings is 1. The fourth-order valence-electron chi connectivity index (χ4n) is 2.87. The standard InChI is InChI=1S/C17H19F7N2O4S/c1-10-2-3-12(8-13(10)18)31(28,29)25-9-11-4-6-26(7-5-11)15(27)30-14(16(19,20)21)17(22,23)24/h2-3,8,11,14,25H,4-7,9H2,1H3. The van der Waals surface area contributed by atoms with Crippen molar-refractivity contribution in [3.63, 3.8) is 0 Å². The minimum Gasteiger partial charge on any atom is -0.426 e. The number of likely N-dealkylation sites (tertiary alicyclic amines) is 1. The van der Waals surface area contributed by atoms with Crippen molar-refractivity contribution in [3.05, 3.63) is 29.6 Å². The number of ether oxygens (including phenoxy) is 1. The fraction of sp³-hybridized carbons (Fsp3) is 0.588. The van der Waals surface area contributed by atoms with Crippen LogP contribution < -0.4 is 4.72 Å². The van der Waals surface area contributed by atoms with Crippen LogP contribution in [0, 0.1) is 18.7 Å². The lowest BCUT2D eigenvalue weighted by Gasteiger charge is -2.33. The normalized spacial score (nSPS) is 16.6. The highest BCUT2D eigenvalue weighted by molar-refractivity contribution is 7.89. The molecule has 1 amide bonds. The second-order valence-electron chi connectivity index (χ2n) is 7.04. The van der Waals surface area contributed by atoms with E-state index in [0.29, 0.717) is 4.90 Å². The predicted molar refractivity (Wildman–Crippen MR) is 93.0 cm³/mol. The average molecular weight is 480 g/mol. The molecule has 0 atom stereocenters. The molecule has 0 unspecified atom stereocenters. The number of alkyl halides is 6. The van der Waals surface area contributed by atoms with Gasteiger partial charge < -0.3 is 9.64 Å². The Morgan fingerprint density at radius 1 is 1.16 bits per heavy atom. The summed E-state index contributed by atoms with van der Waals surface area (Å²) in [5.74, 6) is -1.04. The van der Waals surface area contributed by atoms with Crippen molar-refractivity contribution in [3.8, 4) is 0 Å². The summed E-state index contributed by atoms with van der Waals surface area (Å²) in [6.45, 7) is 0.928. The molecule has 2 rings (SSSR count). The van der Waals surface area contributed by atoms with Crippen LogP contribution in [0.4, 0.5) is 35.5 Å². The number of aryl methyl sites for hydroxylation is 1. The third-order valence-electron chi connectivity index (χ3n) is 4.70. The summed E-state index contributed by atoms with van der Waals surface area (Å²) < 4.78 is 119. The number of nitrogens with zero attached hydrogens (tertiary/aromatic N) is 1. The topological polar surface area (TPSA) is 75.7 Å². The zero-order valence-corrected chi connectivity index (χ0v) is 16.9. The van der Waals surface area contributed by atoms with Gasteiger partial charge in [-0.15, -0.1) is 0 Å². The molecule has 0 radical (unpaired) electrons. The Morgan fingerprint density at radius 3 is 2.19 bits per heavy atom. The maximum Gasteiger partial charge on any atom is 0.434 e. The number of hydrogen-bond donors (Lipinski definition) is 1. The first-order chi connectivity index (χ1) is 14.1. The highest BCUT2D eigenvalue weighted by atomic mass is 32.2. The summed E-state index contributed by atoms with van der Waals surface area (Å²) in [5, 5.41) is 0. The van der Waals surface area contributed by atoms with Crippen LogP contribution in [0.2, 0.25) is 0 Å². The van der Waals surface area contributed by atoms with E-state index in [1.165, 1.54) is 19.1 Å². The zero-order chi connectivity index (χ0) is 23.6. The number of hydrogen-bond acceptors (Lipinski definition) is 4. The van der Waals surface area contributed by atoms with Gasteiger partial charge in [0.2, 0.25) is 10.0 Å². The summed E-state index contributed by atoms with van der Waals surface area (Å²) >= 11 is 0. The van der Waals surface area contributed by atoms with E-state index in [4.69, 9.17) is 0 Å². The van der Waals surface area contributed by atoms with Gasteiger partial charge in [0, 0.05) is 19.6 Å². The predicted octanol–water partition coefficient (Wildman–Crippen LogP) is 3.75. The number of halogens is 7. The molecule has 1 N–H and O–H groups in total. The van der Waals surface area contributed by atoms with E-state index < -0.39 is 40.4 Å². The van der Waals surface area contributed by atoms with Gasteiger partial charge in [0.05, 0.1) is 4.90 Å². The fourth-order valence-corrected chi connectivity index (χ4v) is 3.99. The smallest absolute Gasteiger partial charge is 0.426 e. The summed E-state index contributed by atoms with van der Waals surface area (Å²) in [5.41, 5.74) is 0.261. The van der Waals surface area contributed by atoms with Crippen molar-refractivity contribution in [1.29, 1.82) is 0 Å². The Hall–Kier alpha value is -2.09. The monoisotopic (exact) mass is 480 g/mol. The van der Waals surface area contributed by atoms with Gasteiger partial charge in [-0.3, -0.25) is 0 Å². The molecule has 31 heavy (non-hydrogen) atoms. The average Bonchev–Trinajstić information content (AvgIpc) is 2.65. The van der Waals surface area contributed by atoms with Crippen LogP contribution in [-0.4, -0.2) is 57.5 Å². The van der Waals surface area contributed by atoms with Crippen molar-refractivity contribution in [1.82, 2.24) is 9.62 Å². The lowest BCUT2D eigenvalue weighted by molar-refractivity contribution is -0.308. The Morgan fingerprint density at radius 2 is 1.71 bits per heavy atom. The molecular weight excluding hydrogens is 461 g/mol. The third kappa shape index (κ3) is 6.69. The summed E-state index contributed by atoms with van der Waals surface area (Å²) in [4.78, 5) is 12.1. The van der Waals surface area contributed by atoms with Crippen molar-refractivity contribution >= 4 is 16.1 Å². The van der Waals surface area contributed by atoms with Crippen LogP contribution in [-0.2, 0) is 14.8 Å². The molecule has 0 aliphatic carbocycles. The highest BCUT2D eigenvalue weighted by Crippen LogP contribution is 2.36. The molecule has 1 aromatic carbocycles. The summed E-state index contributed by atoms with van der Waals surface area (Å²) in [7, 11) is -4.02. The number of nitrogens with one attached hydrogen (secondary N) is 1. The first kappa shape index (κ1) is 25.2. The van der Waals surface area contributed by atoms with Crippen LogP contribution in [0.15, 0.2) is 23.1 Å². The number of piperidine rings is 1. The van der Waals surface area contributed by atoms with Gasteiger partial charge in [-0.2, -0.15) is 26.3 Å². The number of sulfonamides is 1. The molecule has 1 heterocycles. The lowest BCUT2D eigenvalue weighted by atomic mass is 9.97. The van der Waals surface area contributed by atoms with Gasteiger partial charge in [-0.05, 0) is 43.4 Å². The largest absolute Gasteiger partial charge is 0.434 e. The number of amides is 1. The van der Waals surface area contributed by atoms with E-state index in [0.717, 1.165) is 6.07 Å². The Kier molecular flexibility index (Phi) is 7.46. The van der Waals surface area contributed by atoms with Gasteiger partial charge >= 0.3 is 18.4 Å². The van der Waals surface area contributed by atoms with Crippen molar-refractivity contribution in [2.24, 2.45) is 5.92 Å². The molecule has 1 aliphatic rings. The number of carbonyl (C=O) groups excluding carboxylic acids is 1. The molecular formula is C17H19F7N2O4S. The quantitative estimate of drug-likeness (QED) is 0.652. The molecule has 0 saturated carbocycles. The van der Waals surface area contributed by atoms with Crippen LogP contribution >= 0.6 is 0 Å². The van der Waals surface area contributed by atoms with Gasteiger partial charge in [0.15, 0.2) is 0 Å². The molecule has 0 bridgehead atoms. The SMILES string of the molecule is Cc1ccc(S(=O)(=O)NCC2CCN(C(=O)OC(C(F)(F)F)C(F)(F)F)CC2)cc1F. The van der Waals surface area contributed by atoms with Gasteiger partial charge in [-0.25, -0.2) is 22.3 Å². The molecule has 0 spiro atoms. The lowest BCUT2D eigenvalue weighted by Crippen LogP contribution is -2.49. The minimum atomic E-state index is -5.81. The Labute approximate surface area is 173 Å². The maximum absolute atomic E-state index is 13.6. The molecule has 1 aliphatic heterocycles. The van der Waals surface area contributed by atoms with Gasteiger partial charge in [-0.1, -0.05) is 6.07 Å². The van der Waals surface area contributed by atoms with Gasteiger partial charge in [0.25, 0.3) is 6.10 Å². The second kappa shape index (κ2) is 9.18. The number of rotatable bonds is 5. The summed E-state index contributed by atoms with van der Waals surface area (Å²) in [6, 6.07) is 3.37. The van der Waals surface area contributed by atoms with Crippen LogP contribution in [0.5, 0.6) is 0 Å². The molecule has 1 aromatic rings. The van der Waals surface area contributed by atoms with Crippen LogP contribution in [0.3, 0.4) is 0 Å². The molecule has 176 valence electrons. The van der Waals surface area contributed by atoms with E-state index in [1.54, 1.807) is 0 Å². The zero-order valence-electron chi connectivity index (χ0n) is 16.1. The Balaban J connectivity index is 1.89.